The van der Waals surface area contributed by atoms with Crippen LogP contribution in [0.4, 0.5) is 0 Å². The molecule has 0 aliphatic heterocycles. The van der Waals surface area contributed by atoms with Crippen LogP contribution in [0.1, 0.15) is 17.2 Å². The van der Waals surface area contributed by atoms with Gasteiger partial charge in [0, 0.05) is 28.9 Å². The van der Waals surface area contributed by atoms with Crippen molar-refractivity contribution in [1.82, 2.24) is 9.97 Å². The molecule has 0 saturated carbocycles. The Hall–Kier alpha value is -0.870. The van der Waals surface area contributed by atoms with E-state index in [0.717, 1.165) is 21.9 Å². The highest BCUT2D eigenvalue weighted by molar-refractivity contribution is 9.09. The van der Waals surface area contributed by atoms with E-state index in [1.165, 1.54) is 5.56 Å². The minimum absolute atomic E-state index is 0.486. The number of nitrogens with zero attached hydrogens (tertiary/aromatic N) is 2. The van der Waals surface area contributed by atoms with Gasteiger partial charge in [-0.05, 0) is 18.6 Å². The van der Waals surface area contributed by atoms with Crippen molar-refractivity contribution < 1.29 is 0 Å². The maximum absolute atomic E-state index is 4.41. The van der Waals surface area contributed by atoms with Crippen molar-refractivity contribution in [2.75, 3.05) is 11.1 Å². The van der Waals surface area contributed by atoms with Gasteiger partial charge < -0.3 is 0 Å². The first-order chi connectivity index (χ1) is 8.79. The molecule has 0 spiro atoms. The number of hydrogen-bond acceptors (Lipinski definition) is 3. The fraction of sp³-hybridized carbons (Fsp3) is 0.286. The van der Waals surface area contributed by atoms with Crippen LogP contribution in [0.5, 0.6) is 0 Å². The first-order valence-corrected chi connectivity index (χ1v) is 7.93. The van der Waals surface area contributed by atoms with E-state index in [-0.39, 0.29) is 0 Å². The summed E-state index contributed by atoms with van der Waals surface area (Å²) in [5, 5.41) is 1.81. The molecule has 1 heterocycles. The first-order valence-electron chi connectivity index (χ1n) is 5.83. The Kier molecular flexibility index (Phi) is 5.20. The van der Waals surface area contributed by atoms with Crippen molar-refractivity contribution in [2.45, 2.75) is 18.0 Å². The average molecular weight is 323 g/mol. The van der Waals surface area contributed by atoms with Gasteiger partial charge in [0.1, 0.15) is 0 Å². The molecule has 0 saturated heterocycles. The molecule has 0 radical (unpaired) electrons. The first kappa shape index (κ1) is 13.6. The molecule has 1 unspecified atom stereocenters. The maximum Gasteiger partial charge on any atom is 0.187 e. The van der Waals surface area contributed by atoms with Crippen LogP contribution in [-0.2, 0) is 0 Å². The van der Waals surface area contributed by atoms with Gasteiger partial charge in [-0.1, -0.05) is 58.0 Å². The van der Waals surface area contributed by atoms with Gasteiger partial charge in [-0.3, -0.25) is 0 Å². The normalized spacial score (nSPS) is 12.3. The van der Waals surface area contributed by atoms with Crippen LogP contribution >= 0.6 is 27.7 Å². The summed E-state index contributed by atoms with van der Waals surface area (Å²) in [6, 6.07) is 12.5. The number of alkyl halides is 1. The second kappa shape index (κ2) is 6.90. The van der Waals surface area contributed by atoms with E-state index in [4.69, 9.17) is 0 Å². The van der Waals surface area contributed by atoms with E-state index in [1.54, 1.807) is 11.8 Å². The summed E-state index contributed by atoms with van der Waals surface area (Å²) < 4.78 is 0. The zero-order valence-electron chi connectivity index (χ0n) is 10.2. The third kappa shape index (κ3) is 3.82. The Balaban J connectivity index is 2.00. The van der Waals surface area contributed by atoms with E-state index in [9.17, 15) is 0 Å². The lowest BCUT2D eigenvalue weighted by Crippen LogP contribution is -2.04. The molecule has 2 nitrogen and oxygen atoms in total. The van der Waals surface area contributed by atoms with Crippen molar-refractivity contribution in [3.63, 3.8) is 0 Å². The van der Waals surface area contributed by atoms with Crippen molar-refractivity contribution in [3.05, 3.63) is 53.9 Å². The topological polar surface area (TPSA) is 25.8 Å². The zero-order valence-corrected chi connectivity index (χ0v) is 12.6. The van der Waals surface area contributed by atoms with Crippen molar-refractivity contribution >= 4 is 27.7 Å². The fourth-order valence-corrected chi connectivity index (χ4v) is 3.54. The van der Waals surface area contributed by atoms with E-state index < -0.39 is 0 Å². The SMILES string of the molecule is Cc1ccnc(SCC(CBr)c2ccccc2)n1. The Bertz CT molecular complexity index is 490. The molecule has 94 valence electrons. The van der Waals surface area contributed by atoms with Gasteiger partial charge >= 0.3 is 0 Å². The van der Waals surface area contributed by atoms with Crippen molar-refractivity contribution in [3.8, 4) is 0 Å². The van der Waals surface area contributed by atoms with Crippen LogP contribution in [0.25, 0.3) is 0 Å². The number of halogens is 1. The Labute approximate surface area is 120 Å². The molecule has 0 amide bonds. The van der Waals surface area contributed by atoms with Gasteiger partial charge in [-0.15, -0.1) is 0 Å². The fourth-order valence-electron chi connectivity index (χ4n) is 1.63. The Morgan fingerprint density at radius 2 is 2.00 bits per heavy atom. The third-order valence-corrected chi connectivity index (χ3v) is 4.45. The Morgan fingerprint density at radius 1 is 1.22 bits per heavy atom. The number of thioether (sulfide) groups is 1. The molecular weight excluding hydrogens is 308 g/mol. The second-order valence-corrected chi connectivity index (χ2v) is 5.69. The monoisotopic (exact) mass is 322 g/mol. The molecule has 0 aliphatic carbocycles. The summed E-state index contributed by atoms with van der Waals surface area (Å²) >= 11 is 5.30. The highest BCUT2D eigenvalue weighted by atomic mass is 79.9. The van der Waals surface area contributed by atoms with Gasteiger partial charge in [0.2, 0.25) is 0 Å². The minimum atomic E-state index is 0.486. The van der Waals surface area contributed by atoms with Gasteiger partial charge in [-0.25, -0.2) is 9.97 Å². The molecule has 2 rings (SSSR count). The van der Waals surface area contributed by atoms with Crippen LogP contribution in [0, 0.1) is 6.92 Å². The smallest absolute Gasteiger partial charge is 0.187 e. The molecular formula is C14H15BrN2S. The number of aromatic nitrogens is 2. The largest absolute Gasteiger partial charge is 0.231 e. The maximum atomic E-state index is 4.41. The Morgan fingerprint density at radius 3 is 2.67 bits per heavy atom. The quantitative estimate of drug-likeness (QED) is 0.471. The van der Waals surface area contributed by atoms with Crippen LogP contribution in [0.2, 0.25) is 0 Å². The summed E-state index contributed by atoms with van der Waals surface area (Å²) in [6.45, 7) is 1.99. The lowest BCUT2D eigenvalue weighted by atomic mass is 10.0. The molecule has 0 aliphatic rings. The van der Waals surface area contributed by atoms with Crippen LogP contribution in [0.3, 0.4) is 0 Å². The van der Waals surface area contributed by atoms with Gasteiger partial charge in [0.15, 0.2) is 5.16 Å². The highest BCUT2D eigenvalue weighted by Crippen LogP contribution is 2.25. The van der Waals surface area contributed by atoms with Crippen molar-refractivity contribution in [1.29, 1.82) is 0 Å². The average Bonchev–Trinajstić information content (AvgIpc) is 2.41. The van der Waals surface area contributed by atoms with Gasteiger partial charge in [0.25, 0.3) is 0 Å². The molecule has 1 atom stereocenters. The molecule has 1 aromatic carbocycles. The summed E-state index contributed by atoms with van der Waals surface area (Å²) in [4.78, 5) is 8.69. The lowest BCUT2D eigenvalue weighted by molar-refractivity contribution is 0.884. The predicted octanol–water partition coefficient (Wildman–Crippen LogP) is 4.06. The number of aryl methyl sites for hydroxylation is 1. The summed E-state index contributed by atoms with van der Waals surface area (Å²) in [6.07, 6.45) is 1.82. The van der Waals surface area contributed by atoms with E-state index in [1.807, 2.05) is 25.3 Å². The number of benzene rings is 1. The van der Waals surface area contributed by atoms with Gasteiger partial charge in [-0.2, -0.15) is 0 Å². The summed E-state index contributed by atoms with van der Waals surface area (Å²) in [5.41, 5.74) is 2.37. The van der Waals surface area contributed by atoms with Gasteiger partial charge in [0.05, 0.1) is 0 Å². The number of rotatable bonds is 5. The molecule has 1 aromatic heterocycles. The minimum Gasteiger partial charge on any atom is -0.231 e. The summed E-state index contributed by atoms with van der Waals surface area (Å²) in [5.74, 6) is 1.47. The lowest BCUT2D eigenvalue weighted by Gasteiger charge is -2.13. The van der Waals surface area contributed by atoms with Crippen molar-refractivity contribution in [2.24, 2.45) is 0 Å². The predicted molar refractivity (Wildman–Crippen MR) is 80.5 cm³/mol. The third-order valence-electron chi connectivity index (χ3n) is 2.64. The number of hydrogen-bond donors (Lipinski definition) is 0. The van der Waals surface area contributed by atoms with E-state index >= 15 is 0 Å². The molecule has 0 N–H and O–H groups in total. The molecule has 4 heteroatoms. The molecule has 2 aromatic rings. The van der Waals surface area contributed by atoms with Crippen LogP contribution in [-0.4, -0.2) is 21.1 Å². The molecule has 18 heavy (non-hydrogen) atoms. The second-order valence-electron chi connectivity index (χ2n) is 4.05. The highest BCUT2D eigenvalue weighted by Gasteiger charge is 2.11. The van der Waals surface area contributed by atoms with E-state index in [0.29, 0.717) is 5.92 Å². The molecule has 0 bridgehead atoms. The zero-order chi connectivity index (χ0) is 12.8. The summed E-state index contributed by atoms with van der Waals surface area (Å²) in [7, 11) is 0. The standard InChI is InChI=1S/C14H15BrN2S/c1-11-7-8-16-14(17-11)18-10-13(9-15)12-5-3-2-4-6-12/h2-8,13H,9-10H2,1H3. The van der Waals surface area contributed by atoms with Crippen LogP contribution < -0.4 is 0 Å². The molecule has 0 fully saturated rings. The van der Waals surface area contributed by atoms with Crippen LogP contribution in [0.15, 0.2) is 47.8 Å². The van der Waals surface area contributed by atoms with E-state index in [2.05, 4.69) is 50.2 Å².